The van der Waals surface area contributed by atoms with Gasteiger partial charge in [0.15, 0.2) is 0 Å². The van der Waals surface area contributed by atoms with Crippen molar-refractivity contribution < 1.29 is 21.6 Å². The van der Waals surface area contributed by atoms with Crippen molar-refractivity contribution in [1.29, 1.82) is 0 Å². The molecule has 4 aliphatic rings. The van der Waals surface area contributed by atoms with Crippen molar-refractivity contribution in [1.82, 2.24) is 44.5 Å². The molecule has 17 nitrogen and oxygen atoms in total. The molecule has 0 aliphatic heterocycles. The van der Waals surface area contributed by atoms with Gasteiger partial charge < -0.3 is 30.9 Å². The Kier molecular flexibility index (Phi) is 17.7. The van der Waals surface area contributed by atoms with Crippen LogP contribution in [-0.2, 0) is 81.9 Å². The van der Waals surface area contributed by atoms with Crippen molar-refractivity contribution in [2.24, 2.45) is 5.73 Å². The van der Waals surface area contributed by atoms with Crippen molar-refractivity contribution in [2.45, 2.75) is 133 Å². The molecule has 65 heavy (non-hydrogen) atoms. The van der Waals surface area contributed by atoms with Crippen LogP contribution in [0.25, 0.3) is 0 Å². The number of hydrogen-bond donors (Lipinski definition) is 5. The molecule has 0 fully saturated rings. The molecule has 0 spiro atoms. The summed E-state index contributed by atoms with van der Waals surface area (Å²) in [7, 11) is 4.60. The molecule has 0 atom stereocenters. The number of anilines is 4. The van der Waals surface area contributed by atoms with Gasteiger partial charge in [-0.1, -0.05) is 31.8 Å². The van der Waals surface area contributed by atoms with Gasteiger partial charge in [-0.05, 0) is 188 Å². The molecule has 4 aromatic rings. The van der Waals surface area contributed by atoms with Crippen LogP contribution >= 0.6 is 10.7 Å². The zero-order chi connectivity index (χ0) is 46.9. The quantitative estimate of drug-likeness (QED) is 0.0421. The first-order valence-electron chi connectivity index (χ1n) is 23.1. The summed E-state index contributed by atoms with van der Waals surface area (Å²) in [5, 5.41) is 17.0. The third-order valence-corrected chi connectivity index (χ3v) is 16.1. The predicted octanol–water partition coefficient (Wildman–Crippen LogP) is 5.89. The van der Waals surface area contributed by atoms with Crippen LogP contribution in [0.3, 0.4) is 0 Å². The van der Waals surface area contributed by atoms with Gasteiger partial charge in [-0.15, -0.1) is 10.2 Å². The molecule has 4 aliphatic carbocycles. The van der Waals surface area contributed by atoms with Crippen LogP contribution in [0.15, 0.2) is 22.4 Å². The van der Waals surface area contributed by atoms with Gasteiger partial charge in [0.2, 0.25) is 11.9 Å². The van der Waals surface area contributed by atoms with Crippen LogP contribution < -0.4 is 21.1 Å². The van der Waals surface area contributed by atoms with Crippen LogP contribution in [0.5, 0.6) is 0 Å². The first-order chi connectivity index (χ1) is 30.8. The smallest absolute Gasteiger partial charge is 0.298 e. The lowest BCUT2D eigenvalue weighted by Gasteiger charge is -2.18. The topological polar surface area (TPSA) is 218 Å². The number of nitrogens with one attached hydrogen (secondary N) is 4. The highest BCUT2D eigenvalue weighted by Gasteiger charge is 2.28. The summed E-state index contributed by atoms with van der Waals surface area (Å²) in [6.45, 7) is 10.7. The van der Waals surface area contributed by atoms with Crippen LogP contribution in [0.4, 0.5) is 23.3 Å². The second-order valence-corrected chi connectivity index (χ2v) is 28.9. The first kappa shape index (κ1) is 50.9. The minimum atomic E-state index is -4.03. The van der Waals surface area contributed by atoms with Crippen molar-refractivity contribution in [3.63, 3.8) is 0 Å². The minimum Gasteiger partial charge on any atom is -0.359 e. The summed E-state index contributed by atoms with van der Waals surface area (Å²) >= 11 is 0. The number of sulfonamides is 1. The van der Waals surface area contributed by atoms with Gasteiger partial charge in [0.1, 0.15) is 6.73 Å². The van der Waals surface area contributed by atoms with E-state index in [1.807, 2.05) is 19.0 Å². The zero-order valence-electron chi connectivity index (χ0n) is 39.4. The van der Waals surface area contributed by atoms with E-state index in [9.17, 15) is 16.8 Å². The molecule has 360 valence electrons. The van der Waals surface area contributed by atoms with Crippen molar-refractivity contribution >= 4 is 61.1 Å². The van der Waals surface area contributed by atoms with E-state index >= 15 is 0 Å². The summed E-state index contributed by atoms with van der Waals surface area (Å²) in [5.74, 6) is 0.666. The Bertz CT molecular complexity index is 2410. The number of nitrogens with two attached hydrogens (primary N) is 1. The molecule has 0 unspecified atom stereocenters. The number of H-pyrrole nitrogens is 1. The highest BCUT2D eigenvalue weighted by Crippen LogP contribution is 2.41. The van der Waals surface area contributed by atoms with Gasteiger partial charge in [0.25, 0.3) is 29.4 Å². The lowest BCUT2D eigenvalue weighted by atomic mass is 9.99. The van der Waals surface area contributed by atoms with E-state index in [0.29, 0.717) is 25.0 Å². The molecule has 2 aromatic carbocycles. The monoisotopic (exact) mass is 974 g/mol. The Morgan fingerprint density at radius 2 is 1.28 bits per heavy atom. The third kappa shape index (κ3) is 14.0. The Morgan fingerprint density at radius 1 is 0.769 bits per heavy atom. The minimum absolute atomic E-state index is 0.128. The number of aromatic amines is 1. The summed E-state index contributed by atoms with van der Waals surface area (Å²) in [4.78, 5) is 12.6. The maximum Gasteiger partial charge on any atom is 0.298 e. The Labute approximate surface area is 391 Å². The highest BCUT2D eigenvalue weighted by molar-refractivity contribution is 8.13. The van der Waals surface area contributed by atoms with Crippen LogP contribution in [-0.4, -0.2) is 126 Å². The second kappa shape index (κ2) is 22.5. The first-order valence-corrected chi connectivity index (χ1v) is 30.6. The summed E-state index contributed by atoms with van der Waals surface area (Å²) in [6.07, 6.45) is 15.0. The number of halogens is 1. The van der Waals surface area contributed by atoms with Crippen molar-refractivity contribution in [2.75, 3.05) is 71.6 Å². The number of aromatic nitrogens is 6. The number of benzene rings is 2. The Hall–Kier alpha value is -3.47. The Balaban J connectivity index is 0.000000188. The fourth-order valence-corrected chi connectivity index (χ4v) is 11.1. The van der Waals surface area contributed by atoms with Gasteiger partial charge >= 0.3 is 0 Å². The molecule has 2 heterocycles. The zero-order valence-corrected chi connectivity index (χ0v) is 42.8. The number of hydrogen-bond acceptors (Lipinski definition) is 14. The van der Waals surface area contributed by atoms with E-state index in [0.717, 1.165) is 127 Å². The lowest BCUT2D eigenvalue weighted by Crippen LogP contribution is -2.28. The molecule has 2 aromatic heterocycles. The maximum absolute atomic E-state index is 12.4. The SMILES string of the molecule is CN(C)CCCN.CN(C)CCCNS(=O)(=O)c1nc(Nc2c3c(cc4c2CCC4)CCC3)n[nH]1.C[Si](C)(C)CCOCn1nc(S(=O)(=O)Cl)nc1Nc1c2c(cc3c1CCC3)CCC2. The largest absolute Gasteiger partial charge is 0.359 e. The average molecular weight is 976 g/mol. The number of rotatable bonds is 19. The molecule has 0 bridgehead atoms. The fraction of sp³-hybridized carbons (Fsp3) is 0.636. The molecular weight excluding hydrogens is 904 g/mol. The molecule has 0 saturated heterocycles. The predicted molar refractivity (Wildman–Crippen MR) is 262 cm³/mol. The van der Waals surface area contributed by atoms with E-state index in [1.165, 1.54) is 49.2 Å². The Morgan fingerprint density at radius 3 is 1.74 bits per heavy atom. The van der Waals surface area contributed by atoms with Crippen LogP contribution in [0.1, 0.15) is 83.0 Å². The number of fused-ring (bicyclic) bond motifs is 4. The molecule has 0 saturated carbocycles. The molecule has 6 N–H and O–H groups in total. The summed E-state index contributed by atoms with van der Waals surface area (Å²) < 4.78 is 58.4. The number of ether oxygens (including phenoxy) is 1. The molecule has 0 amide bonds. The van der Waals surface area contributed by atoms with Gasteiger partial charge in [-0.2, -0.15) is 9.97 Å². The van der Waals surface area contributed by atoms with Crippen LogP contribution in [0.2, 0.25) is 25.7 Å². The molecule has 0 radical (unpaired) electrons. The van der Waals surface area contributed by atoms with Gasteiger partial charge in [0.05, 0.1) is 0 Å². The molecule has 21 heteroatoms. The second-order valence-electron chi connectivity index (χ2n) is 19.2. The van der Waals surface area contributed by atoms with E-state index in [4.69, 9.17) is 21.2 Å². The van der Waals surface area contributed by atoms with Crippen LogP contribution in [0, 0.1) is 0 Å². The summed E-state index contributed by atoms with van der Waals surface area (Å²) in [5.41, 5.74) is 18.4. The van der Waals surface area contributed by atoms with Gasteiger partial charge in [0, 0.05) is 43.3 Å². The fourth-order valence-electron chi connectivity index (χ4n) is 8.80. The van der Waals surface area contributed by atoms with E-state index in [-0.39, 0.29) is 11.9 Å². The standard InChI is InChI=1S/C20H29ClN4O3SSi.C19H28N6O2S.C5H14N2/c1-30(2,3)11-10-28-13-25-19(23-20(24-25)29(21,26)27)22-18-16-8-4-6-14(16)12-15-7-5-9-17(15)18;1-25(2)11-5-10-20-28(26,27)19-22-18(23-24-19)21-17-15-8-3-6-13(15)12-14-7-4-9-16(14)17;1-7(2)5-3-4-6/h12H,4-11,13H2,1-3H3,(H,22,23,24);12,20H,3-11H2,1-2H3,(H2,21,22,23,24);3-6H2,1-2H3. The number of nitrogens with zero attached hydrogens (tertiary/aromatic N) is 7. The van der Waals surface area contributed by atoms with Crippen molar-refractivity contribution in [3.8, 4) is 0 Å². The summed E-state index contributed by atoms with van der Waals surface area (Å²) in [6, 6.07) is 5.74. The normalized spacial score (nSPS) is 15.3. The van der Waals surface area contributed by atoms with E-state index in [2.05, 4.69) is 91.4 Å². The van der Waals surface area contributed by atoms with Gasteiger partial charge in [-0.3, -0.25) is 0 Å². The third-order valence-electron chi connectivity index (χ3n) is 12.1. The molecular formula is C44H71ClN12O5S2Si. The molecule has 8 rings (SSSR count). The van der Waals surface area contributed by atoms with E-state index in [1.54, 1.807) is 0 Å². The highest BCUT2D eigenvalue weighted by atomic mass is 35.7. The number of aryl methyl sites for hydroxylation is 4. The van der Waals surface area contributed by atoms with Crippen molar-refractivity contribution in [3.05, 3.63) is 56.6 Å². The lowest BCUT2D eigenvalue weighted by molar-refractivity contribution is 0.0792. The maximum atomic E-state index is 12.4. The van der Waals surface area contributed by atoms with Gasteiger partial charge in [-0.25, -0.2) is 31.3 Å². The average Bonchev–Trinajstić information content (AvgIpc) is 4.09. The van der Waals surface area contributed by atoms with E-state index < -0.39 is 32.3 Å².